The van der Waals surface area contributed by atoms with Gasteiger partial charge >= 0.3 is 0 Å². The molecule has 0 unspecified atom stereocenters. The van der Waals surface area contributed by atoms with Crippen LogP contribution in [0.2, 0.25) is 5.02 Å². The molecule has 16 aromatic rings. The van der Waals surface area contributed by atoms with Crippen LogP contribution in [0.15, 0.2) is 296 Å². The predicted octanol–water partition coefficient (Wildman–Crippen LogP) is 20.4. The zero-order chi connectivity index (χ0) is 88.3. The molecule has 9 N–H and O–H groups in total. The number of halogens is 3. The van der Waals surface area contributed by atoms with E-state index in [9.17, 15) is 49.1 Å². The van der Waals surface area contributed by atoms with Crippen LogP contribution in [0.25, 0.3) is 90.1 Å². The first-order valence-corrected chi connectivity index (χ1v) is 42.8. The topological polar surface area (TPSA) is 321 Å². The summed E-state index contributed by atoms with van der Waals surface area (Å²) in [5.74, 6) is 1.79. The first-order chi connectivity index (χ1) is 62.3. The quantitative estimate of drug-likeness (QED) is 0.0434. The number of anilines is 4. The molecule has 12 aromatic carbocycles. The molecule has 20 rings (SSSR count). The molecule has 0 radical (unpaired) electrons. The fraction of sp³-hybridized carbons (Fsp3) is 0.115. The molecule has 0 saturated carbocycles. The molecule has 0 aliphatic heterocycles. The molecule has 0 bridgehead atoms. The van der Waals surface area contributed by atoms with Gasteiger partial charge in [-0.1, -0.05) is 197 Å². The van der Waals surface area contributed by atoms with Crippen molar-refractivity contribution in [3.8, 4) is 119 Å². The van der Waals surface area contributed by atoms with Gasteiger partial charge in [0.1, 0.15) is 57.3 Å². The lowest BCUT2D eigenvalue weighted by Crippen LogP contribution is -2.18. The van der Waals surface area contributed by atoms with E-state index in [0.717, 1.165) is 159 Å². The number of hydrogen-bond donors (Lipinski definition) is 9. The Morgan fingerprint density at radius 1 is 0.281 bits per heavy atom. The average molecular weight is 1780 g/mol. The van der Waals surface area contributed by atoms with Crippen LogP contribution in [0.3, 0.4) is 0 Å². The molecule has 4 aromatic heterocycles. The molecule has 0 spiro atoms. The van der Waals surface area contributed by atoms with Gasteiger partial charge in [-0.05, 0) is 217 Å². The third kappa shape index (κ3) is 20.2. The smallest absolute Gasteiger partial charge is 0.230 e. The van der Waals surface area contributed by atoms with E-state index < -0.39 is 0 Å². The van der Waals surface area contributed by atoms with Crippen molar-refractivity contribution in [1.82, 2.24) is 39.9 Å². The van der Waals surface area contributed by atoms with Crippen molar-refractivity contribution >= 4 is 74.4 Å². The maximum atomic E-state index is 13.2. The SMILES string of the molecule is O=C(Cc1ccc(Br)cc1)Nc1nc2c(nc1-c1ccccc1)-c1ccc(O)cc1CC2.O=C(Cc1ccc(Cl)cc1)Nc1nc2c(nc1-c1ccccc1)-c1ccc(O)cc1CC2.O=C(Cc1ccc(F)cc1)Nc1nc2c(nc1-c1ccccc1)-c1ccc(O)cc1CC2.O=C(Cc1ccc(O)cc1)Nc1nc2c(nc1-c1ccccc1)-c1ccc(O)cc1CC2. The van der Waals surface area contributed by atoms with Gasteiger partial charge in [-0.25, -0.2) is 44.3 Å². The van der Waals surface area contributed by atoms with Crippen LogP contribution in [0, 0.1) is 5.82 Å². The number of nitrogens with one attached hydrogen (secondary N) is 4. The summed E-state index contributed by atoms with van der Waals surface area (Å²) in [6.07, 6.45) is 6.47. The number of benzene rings is 12. The fourth-order valence-electron chi connectivity index (χ4n) is 15.9. The molecule has 128 heavy (non-hydrogen) atoms. The lowest BCUT2D eigenvalue weighted by Gasteiger charge is -2.21. The lowest BCUT2D eigenvalue weighted by molar-refractivity contribution is -0.116. The largest absolute Gasteiger partial charge is 0.508 e. The molecule has 0 saturated heterocycles. The van der Waals surface area contributed by atoms with Crippen LogP contribution < -0.4 is 21.3 Å². The van der Waals surface area contributed by atoms with Crippen molar-refractivity contribution in [3.63, 3.8) is 0 Å². The molecule has 4 heterocycles. The Morgan fingerprint density at radius 2 is 0.516 bits per heavy atom. The molecular weight excluding hydrogens is 1700 g/mol. The van der Waals surface area contributed by atoms with Gasteiger partial charge in [0.2, 0.25) is 23.6 Å². The molecule has 4 aliphatic carbocycles. The minimum atomic E-state index is -0.338. The van der Waals surface area contributed by atoms with Crippen LogP contribution in [0.5, 0.6) is 28.7 Å². The van der Waals surface area contributed by atoms with E-state index >= 15 is 0 Å². The predicted molar refractivity (Wildman–Crippen MR) is 497 cm³/mol. The number of carbonyl (C=O) groups excluding carboxylic acids is 4. The fourth-order valence-corrected chi connectivity index (χ4v) is 16.3. The lowest BCUT2D eigenvalue weighted by atomic mass is 9.91. The van der Waals surface area contributed by atoms with Gasteiger partial charge in [-0.2, -0.15) is 0 Å². The molecule has 0 fully saturated rings. The molecule has 632 valence electrons. The van der Waals surface area contributed by atoms with E-state index in [2.05, 4.69) is 37.2 Å². The number of phenolic OH excluding ortho intramolecular Hbond substituents is 5. The van der Waals surface area contributed by atoms with E-state index in [1.165, 1.54) is 12.1 Å². The van der Waals surface area contributed by atoms with E-state index in [0.29, 0.717) is 82.3 Å². The monoisotopic (exact) mass is 1770 g/mol. The zero-order valence-electron chi connectivity index (χ0n) is 68.8. The van der Waals surface area contributed by atoms with Gasteiger partial charge in [0.25, 0.3) is 0 Å². The second-order valence-corrected chi connectivity index (χ2v) is 32.5. The highest BCUT2D eigenvalue weighted by Gasteiger charge is 2.30. The van der Waals surface area contributed by atoms with Crippen LogP contribution in [0.4, 0.5) is 27.7 Å². The Bertz CT molecular complexity index is 6050. The number of fused-ring (bicyclic) bond motifs is 12. The van der Waals surface area contributed by atoms with Crippen molar-refractivity contribution in [1.29, 1.82) is 0 Å². The summed E-state index contributed by atoms with van der Waals surface area (Å²) < 4.78 is 14.1. The molecule has 4 amide bonds. The van der Waals surface area contributed by atoms with Gasteiger partial charge in [0, 0.05) is 54.0 Å². The summed E-state index contributed by atoms with van der Waals surface area (Å²) in [6, 6.07) is 87.3. The number of rotatable bonds is 16. The van der Waals surface area contributed by atoms with Gasteiger partial charge < -0.3 is 46.8 Å². The maximum absolute atomic E-state index is 13.2. The summed E-state index contributed by atoms with van der Waals surface area (Å²) in [7, 11) is 0. The van der Waals surface area contributed by atoms with Gasteiger partial charge in [0.15, 0.2) is 23.3 Å². The summed E-state index contributed by atoms with van der Waals surface area (Å²) in [6.45, 7) is 0. The van der Waals surface area contributed by atoms with Gasteiger partial charge in [0.05, 0.1) is 71.2 Å². The Balaban J connectivity index is 0.000000120. The van der Waals surface area contributed by atoms with E-state index in [4.69, 9.17) is 51.5 Å². The second kappa shape index (κ2) is 38.3. The van der Waals surface area contributed by atoms with Crippen molar-refractivity contribution in [2.24, 2.45) is 0 Å². The number of hydrogen-bond acceptors (Lipinski definition) is 17. The number of amides is 4. The number of nitrogens with zero attached hydrogens (tertiary/aromatic N) is 8. The first kappa shape index (κ1) is 84.7. The minimum absolute atomic E-state index is 0.107. The number of aromatic hydroxyl groups is 5. The summed E-state index contributed by atoms with van der Waals surface area (Å²) in [4.78, 5) is 90.2. The molecule has 21 nitrogen and oxygen atoms in total. The van der Waals surface area contributed by atoms with E-state index in [-0.39, 0.29) is 83.9 Å². The minimum Gasteiger partial charge on any atom is -0.508 e. The van der Waals surface area contributed by atoms with Crippen molar-refractivity contribution < 1.29 is 49.1 Å². The third-order valence-electron chi connectivity index (χ3n) is 22.1. The third-order valence-corrected chi connectivity index (χ3v) is 22.9. The summed E-state index contributed by atoms with van der Waals surface area (Å²) in [5.41, 5.74) is 23.6. The Labute approximate surface area is 749 Å². The Morgan fingerprint density at radius 3 is 0.781 bits per heavy atom. The van der Waals surface area contributed by atoms with Crippen molar-refractivity contribution in [2.75, 3.05) is 21.3 Å². The summed E-state index contributed by atoms with van der Waals surface area (Å²) >= 11 is 9.36. The van der Waals surface area contributed by atoms with Crippen LogP contribution in [-0.2, 0) is 96.2 Å². The number of aromatic nitrogens is 8. The standard InChI is InChI=1S/C26H20BrN3O2.C26H20ClN3O2.C26H20FN3O2.C26H21N3O3/c3*27-19-9-6-16(7-10-19)14-23(32)29-26-24(17-4-2-1-3-5-17)30-25-21-12-11-20(31)15-18(21)8-13-22(25)28-26;30-19-9-6-16(7-10-19)14-23(32)28-26-24(17-4-2-1-3-5-17)29-25-21-12-11-20(31)15-18(21)8-13-22(25)27-26/h3*1-7,9-12,15,31H,8,13-14H2,(H,28,29,32);1-7,9-12,15,30-31H,8,13-14H2,(H,27,28,32). The molecular formula is C104H81BrClFN12O9. The highest BCUT2D eigenvalue weighted by Crippen LogP contribution is 2.43. The van der Waals surface area contributed by atoms with Crippen molar-refractivity contribution in [3.05, 3.63) is 374 Å². The van der Waals surface area contributed by atoms with Crippen LogP contribution >= 0.6 is 27.5 Å². The molecule has 24 heteroatoms. The van der Waals surface area contributed by atoms with E-state index in [1.807, 2.05) is 182 Å². The Hall–Kier alpha value is -15.5. The first-order valence-electron chi connectivity index (χ1n) is 41.6. The average Bonchev–Trinajstić information content (AvgIpc) is 0.778. The number of aryl methyl sites for hydroxylation is 8. The Kier molecular flexibility index (Phi) is 25.4. The zero-order valence-corrected chi connectivity index (χ0v) is 71.1. The van der Waals surface area contributed by atoms with E-state index in [1.54, 1.807) is 97.1 Å². The van der Waals surface area contributed by atoms with Crippen molar-refractivity contribution in [2.45, 2.75) is 77.0 Å². The number of phenols is 5. The van der Waals surface area contributed by atoms with Gasteiger partial charge in [-0.15, -0.1) is 0 Å². The van der Waals surface area contributed by atoms with Crippen LogP contribution in [0.1, 0.15) is 67.3 Å². The maximum Gasteiger partial charge on any atom is 0.230 e. The summed E-state index contributed by atoms with van der Waals surface area (Å²) in [5, 5.41) is 61.3. The highest BCUT2D eigenvalue weighted by molar-refractivity contribution is 9.10. The molecule has 0 atom stereocenters. The number of carbonyl (C=O) groups is 4. The second-order valence-electron chi connectivity index (χ2n) is 31.1. The molecule has 4 aliphatic rings. The van der Waals surface area contributed by atoms with Crippen LogP contribution in [-0.4, -0.2) is 89.0 Å². The van der Waals surface area contributed by atoms with Gasteiger partial charge in [-0.3, -0.25) is 19.2 Å². The normalized spacial score (nSPS) is 12.0. The highest BCUT2D eigenvalue weighted by atomic mass is 79.9.